The molecule has 1 aromatic carbocycles. The number of halogens is 1. The third kappa shape index (κ3) is 2.95. The molecule has 1 rings (SSSR count). The van der Waals surface area contributed by atoms with Crippen LogP contribution in [0, 0.1) is 0 Å². The molecule has 4 heteroatoms. The summed E-state index contributed by atoms with van der Waals surface area (Å²) >= 11 is 7.07. The van der Waals surface area contributed by atoms with Gasteiger partial charge < -0.3 is 0 Å². The number of rotatable bonds is 2. The summed E-state index contributed by atoms with van der Waals surface area (Å²) in [5.41, 5.74) is 1.03. The molecule has 0 fully saturated rings. The summed E-state index contributed by atoms with van der Waals surface area (Å²) in [6, 6.07) is 7.84. The van der Waals surface area contributed by atoms with Gasteiger partial charge in [0, 0.05) is 4.47 Å². The van der Waals surface area contributed by atoms with Crippen molar-refractivity contribution in [3.63, 3.8) is 0 Å². The summed E-state index contributed by atoms with van der Waals surface area (Å²) in [4.78, 5) is 2.38. The molecule has 2 nitrogen and oxygen atoms in total. The molecule has 0 radical (unpaired) electrons. The molecular formula is C7H7BrN2S. The second-order valence-electron chi connectivity index (χ2n) is 1.91. The van der Waals surface area contributed by atoms with Crippen LogP contribution in [0.3, 0.4) is 0 Å². The van der Waals surface area contributed by atoms with Crippen LogP contribution in [-0.4, -0.2) is 6.21 Å². The minimum absolute atomic E-state index is 1.03. The van der Waals surface area contributed by atoms with Crippen LogP contribution in [0.2, 0.25) is 0 Å². The standard InChI is InChI=1S/C7H7BrN2S/c8-7-3-1-2-6(4-7)5-9-10-11/h1-5,10-11H. The molecule has 1 N–H and O–H groups in total. The number of hydrogen-bond acceptors (Lipinski definition) is 3. The minimum Gasteiger partial charge on any atom is -0.255 e. The number of nitrogens with one attached hydrogen (secondary N) is 1. The van der Waals surface area contributed by atoms with Gasteiger partial charge in [0.05, 0.1) is 6.21 Å². The molecule has 0 spiro atoms. The van der Waals surface area contributed by atoms with Gasteiger partial charge in [0.15, 0.2) is 0 Å². The van der Waals surface area contributed by atoms with Crippen LogP contribution in [0.25, 0.3) is 0 Å². The Bertz CT molecular complexity index is 262. The van der Waals surface area contributed by atoms with Crippen LogP contribution in [0.5, 0.6) is 0 Å². The van der Waals surface area contributed by atoms with Crippen molar-refractivity contribution in [2.24, 2.45) is 5.10 Å². The zero-order chi connectivity index (χ0) is 8.10. The molecule has 0 saturated carbocycles. The van der Waals surface area contributed by atoms with E-state index in [0.29, 0.717) is 0 Å². The van der Waals surface area contributed by atoms with Crippen LogP contribution in [0.1, 0.15) is 5.56 Å². The highest BCUT2D eigenvalue weighted by molar-refractivity contribution is 9.10. The van der Waals surface area contributed by atoms with Crippen LogP contribution in [-0.2, 0) is 0 Å². The van der Waals surface area contributed by atoms with Crippen molar-refractivity contribution >= 4 is 35.0 Å². The molecule has 0 amide bonds. The van der Waals surface area contributed by atoms with Crippen LogP contribution in [0.15, 0.2) is 33.8 Å². The lowest BCUT2D eigenvalue weighted by molar-refractivity contribution is 1.14. The Morgan fingerprint density at radius 3 is 3.00 bits per heavy atom. The molecule has 0 aliphatic rings. The lowest BCUT2D eigenvalue weighted by Crippen LogP contribution is -1.87. The summed E-state index contributed by atoms with van der Waals surface area (Å²) < 4.78 is 1.04. The van der Waals surface area contributed by atoms with Crippen molar-refractivity contribution in [1.29, 1.82) is 0 Å². The van der Waals surface area contributed by atoms with Crippen LogP contribution >= 0.6 is 28.7 Å². The smallest absolute Gasteiger partial charge is 0.0550 e. The van der Waals surface area contributed by atoms with Gasteiger partial charge in [-0.2, -0.15) is 5.10 Å². The first-order valence-corrected chi connectivity index (χ1v) is 4.24. The van der Waals surface area contributed by atoms with Crippen molar-refractivity contribution in [1.82, 2.24) is 4.83 Å². The van der Waals surface area contributed by atoms with E-state index in [-0.39, 0.29) is 0 Å². The van der Waals surface area contributed by atoms with Gasteiger partial charge in [-0.25, -0.2) is 0 Å². The Morgan fingerprint density at radius 1 is 1.55 bits per heavy atom. The minimum atomic E-state index is 1.03. The van der Waals surface area contributed by atoms with E-state index in [1.807, 2.05) is 24.3 Å². The molecule has 1 aromatic rings. The Morgan fingerprint density at radius 2 is 2.36 bits per heavy atom. The molecule has 0 aliphatic heterocycles. The Labute approximate surface area is 79.4 Å². The van der Waals surface area contributed by atoms with Crippen LogP contribution < -0.4 is 4.83 Å². The van der Waals surface area contributed by atoms with Crippen molar-refractivity contribution < 1.29 is 0 Å². The van der Waals surface area contributed by atoms with Crippen molar-refractivity contribution in [3.05, 3.63) is 34.3 Å². The number of hydrazone groups is 1. The molecule has 0 bridgehead atoms. The van der Waals surface area contributed by atoms with E-state index in [1.165, 1.54) is 0 Å². The molecule has 0 aromatic heterocycles. The molecule has 0 aliphatic carbocycles. The molecule has 0 saturated heterocycles. The maximum atomic E-state index is 3.75. The summed E-state index contributed by atoms with van der Waals surface area (Å²) in [5.74, 6) is 0. The highest BCUT2D eigenvalue weighted by atomic mass is 79.9. The molecule has 0 heterocycles. The van der Waals surface area contributed by atoms with Crippen molar-refractivity contribution in [2.75, 3.05) is 0 Å². The normalized spacial score (nSPS) is 10.4. The Balaban J connectivity index is 2.79. The van der Waals surface area contributed by atoms with E-state index >= 15 is 0 Å². The van der Waals surface area contributed by atoms with E-state index in [4.69, 9.17) is 0 Å². The fourth-order valence-electron chi connectivity index (χ4n) is 0.690. The van der Waals surface area contributed by atoms with Gasteiger partial charge in [0.2, 0.25) is 0 Å². The number of hydrogen-bond donors (Lipinski definition) is 2. The van der Waals surface area contributed by atoms with Crippen molar-refractivity contribution in [2.45, 2.75) is 0 Å². The third-order valence-electron chi connectivity index (χ3n) is 1.12. The topological polar surface area (TPSA) is 24.4 Å². The van der Waals surface area contributed by atoms with Gasteiger partial charge >= 0.3 is 0 Å². The molecule has 0 unspecified atom stereocenters. The fraction of sp³-hybridized carbons (Fsp3) is 0. The van der Waals surface area contributed by atoms with Gasteiger partial charge in [-0.3, -0.25) is 4.83 Å². The first-order valence-electron chi connectivity index (χ1n) is 3.00. The summed E-state index contributed by atoms with van der Waals surface area (Å²) in [6.45, 7) is 0. The number of thiol groups is 1. The first-order chi connectivity index (χ1) is 5.33. The molecule has 11 heavy (non-hydrogen) atoms. The molecule has 58 valence electrons. The van der Waals surface area contributed by atoms with Gasteiger partial charge in [0.1, 0.15) is 0 Å². The number of nitrogens with zero attached hydrogens (tertiary/aromatic N) is 1. The Hall–Kier alpha value is -0.480. The lowest BCUT2D eigenvalue weighted by Gasteiger charge is -1.92. The average molecular weight is 231 g/mol. The van der Waals surface area contributed by atoms with Crippen molar-refractivity contribution in [3.8, 4) is 0 Å². The maximum Gasteiger partial charge on any atom is 0.0550 e. The van der Waals surface area contributed by atoms with E-state index in [1.54, 1.807) is 6.21 Å². The highest BCUT2D eigenvalue weighted by Crippen LogP contribution is 2.09. The first kappa shape index (κ1) is 8.62. The maximum absolute atomic E-state index is 3.75. The second kappa shape index (κ2) is 4.41. The van der Waals surface area contributed by atoms with Gasteiger partial charge in [-0.15, -0.1) is 0 Å². The monoisotopic (exact) mass is 230 g/mol. The quantitative estimate of drug-likeness (QED) is 0.455. The molecule has 0 atom stereocenters. The SMILES string of the molecule is SNN=Cc1cccc(Br)c1. The predicted molar refractivity (Wildman–Crippen MR) is 53.9 cm³/mol. The molecular weight excluding hydrogens is 224 g/mol. The van der Waals surface area contributed by atoms with E-state index in [9.17, 15) is 0 Å². The predicted octanol–water partition coefficient (Wildman–Crippen LogP) is 2.22. The van der Waals surface area contributed by atoms with Crippen LogP contribution in [0.4, 0.5) is 0 Å². The van der Waals surface area contributed by atoms with E-state index < -0.39 is 0 Å². The summed E-state index contributed by atoms with van der Waals surface area (Å²) in [5, 5.41) is 3.75. The zero-order valence-corrected chi connectivity index (χ0v) is 8.14. The highest BCUT2D eigenvalue weighted by Gasteiger charge is 1.87. The summed E-state index contributed by atoms with van der Waals surface area (Å²) in [6.07, 6.45) is 1.69. The lowest BCUT2D eigenvalue weighted by atomic mass is 10.2. The second-order valence-corrected chi connectivity index (χ2v) is 3.03. The van der Waals surface area contributed by atoms with Gasteiger partial charge in [0.25, 0.3) is 0 Å². The van der Waals surface area contributed by atoms with Gasteiger partial charge in [-0.05, 0) is 17.7 Å². The zero-order valence-electron chi connectivity index (χ0n) is 5.66. The summed E-state index contributed by atoms with van der Waals surface area (Å²) in [7, 11) is 0. The average Bonchev–Trinajstić information content (AvgIpc) is 2.01. The van der Waals surface area contributed by atoms with E-state index in [2.05, 4.69) is 38.7 Å². The largest absolute Gasteiger partial charge is 0.255 e. The third-order valence-corrected chi connectivity index (χ3v) is 1.73. The van der Waals surface area contributed by atoms with E-state index in [0.717, 1.165) is 10.0 Å². The van der Waals surface area contributed by atoms with Gasteiger partial charge in [-0.1, -0.05) is 40.9 Å². The fourth-order valence-corrected chi connectivity index (χ4v) is 1.16. The number of benzene rings is 1. The Kier molecular flexibility index (Phi) is 3.45.